The molecule has 0 spiro atoms. The number of amides is 2. The van der Waals surface area contributed by atoms with E-state index in [9.17, 15) is 24.0 Å². The standard InChI is InChI=1S/C15H13N3O5/c1-6(19)17-5-9(12(20)16-15(17)23)18-13(21)10-7-2-3-8(4-7)11(10)14(18)22/h2-3,5,7-8,10-11H,4H2,1H3,(H,16,20,23)/t7-,8-,10+,11+/m0/s1. The minimum atomic E-state index is -0.896. The topological polar surface area (TPSA) is 109 Å². The Morgan fingerprint density at radius 3 is 2.17 bits per heavy atom. The molecule has 0 aromatic carbocycles. The number of hydrogen-bond acceptors (Lipinski definition) is 5. The van der Waals surface area contributed by atoms with Gasteiger partial charge in [-0.05, 0) is 18.3 Å². The molecule has 2 bridgehead atoms. The SMILES string of the molecule is CC(=O)n1cc(N2C(=O)[C@H]3[C@H](C2=O)[C@H]2C=C[C@H]3C2)c(=O)[nH]c1=O. The van der Waals surface area contributed by atoms with Crippen molar-refractivity contribution in [1.29, 1.82) is 0 Å². The van der Waals surface area contributed by atoms with E-state index < -0.39 is 40.8 Å². The molecule has 3 aliphatic rings. The lowest BCUT2D eigenvalue weighted by Gasteiger charge is -2.16. The molecular weight excluding hydrogens is 302 g/mol. The molecule has 1 N–H and O–H groups in total. The zero-order valence-corrected chi connectivity index (χ0v) is 12.2. The third-order valence-corrected chi connectivity index (χ3v) is 4.97. The second-order valence-electron chi connectivity index (χ2n) is 6.17. The van der Waals surface area contributed by atoms with Crippen LogP contribution in [0.5, 0.6) is 0 Å². The van der Waals surface area contributed by atoms with Crippen LogP contribution in [0, 0.1) is 23.7 Å². The summed E-state index contributed by atoms with van der Waals surface area (Å²) in [6.45, 7) is 1.15. The fourth-order valence-corrected chi connectivity index (χ4v) is 3.99. The van der Waals surface area contributed by atoms with E-state index in [2.05, 4.69) is 0 Å². The first-order valence-electron chi connectivity index (χ1n) is 7.33. The number of nitrogens with zero attached hydrogens (tertiary/aromatic N) is 2. The number of rotatable bonds is 1. The number of carbonyl (C=O) groups is 3. The first-order valence-corrected chi connectivity index (χ1v) is 7.33. The highest BCUT2D eigenvalue weighted by Gasteiger charge is 2.60. The van der Waals surface area contributed by atoms with Crippen molar-refractivity contribution in [2.75, 3.05) is 4.90 Å². The van der Waals surface area contributed by atoms with E-state index in [4.69, 9.17) is 0 Å². The Hall–Kier alpha value is -2.77. The number of imide groups is 1. The molecule has 0 unspecified atom stereocenters. The van der Waals surface area contributed by atoms with Crippen LogP contribution in [-0.4, -0.2) is 27.3 Å². The van der Waals surface area contributed by atoms with Crippen LogP contribution in [0.1, 0.15) is 18.1 Å². The first kappa shape index (κ1) is 13.9. The van der Waals surface area contributed by atoms with Gasteiger partial charge in [-0.2, -0.15) is 0 Å². The molecule has 2 amide bonds. The van der Waals surface area contributed by atoms with Gasteiger partial charge in [0.15, 0.2) is 0 Å². The molecule has 0 radical (unpaired) electrons. The molecule has 23 heavy (non-hydrogen) atoms. The Morgan fingerprint density at radius 2 is 1.65 bits per heavy atom. The van der Waals surface area contributed by atoms with E-state index in [1.165, 1.54) is 0 Å². The van der Waals surface area contributed by atoms with Crippen molar-refractivity contribution in [2.45, 2.75) is 13.3 Å². The summed E-state index contributed by atoms with van der Waals surface area (Å²) in [5.41, 5.74) is -2.02. The molecule has 2 fully saturated rings. The summed E-state index contributed by atoms with van der Waals surface area (Å²) in [4.78, 5) is 63.2. The first-order chi connectivity index (χ1) is 10.9. The number of anilines is 1. The number of H-pyrrole nitrogens is 1. The average molecular weight is 315 g/mol. The van der Waals surface area contributed by atoms with Crippen LogP contribution >= 0.6 is 0 Å². The highest BCUT2D eigenvalue weighted by molar-refractivity contribution is 6.22. The molecule has 1 aliphatic heterocycles. The molecule has 2 aliphatic carbocycles. The number of aromatic amines is 1. The molecule has 1 aromatic heterocycles. The monoisotopic (exact) mass is 315 g/mol. The van der Waals surface area contributed by atoms with Crippen LogP contribution in [-0.2, 0) is 9.59 Å². The van der Waals surface area contributed by atoms with Crippen molar-refractivity contribution in [3.63, 3.8) is 0 Å². The molecular formula is C15H13N3O5. The highest BCUT2D eigenvalue weighted by atomic mass is 16.2. The number of hydrogen-bond donors (Lipinski definition) is 1. The Morgan fingerprint density at radius 1 is 1.09 bits per heavy atom. The summed E-state index contributed by atoms with van der Waals surface area (Å²) < 4.78 is 0.679. The van der Waals surface area contributed by atoms with Crippen LogP contribution in [0.2, 0.25) is 0 Å². The second kappa shape index (κ2) is 4.37. The fraction of sp³-hybridized carbons (Fsp3) is 0.400. The summed E-state index contributed by atoms with van der Waals surface area (Å²) in [6.07, 6.45) is 5.64. The van der Waals surface area contributed by atoms with Gasteiger partial charge in [0.05, 0.1) is 11.8 Å². The van der Waals surface area contributed by atoms with Gasteiger partial charge >= 0.3 is 5.69 Å². The van der Waals surface area contributed by atoms with Crippen molar-refractivity contribution in [1.82, 2.24) is 9.55 Å². The van der Waals surface area contributed by atoms with Crippen molar-refractivity contribution in [2.24, 2.45) is 23.7 Å². The van der Waals surface area contributed by atoms with E-state index in [0.717, 1.165) is 24.4 Å². The van der Waals surface area contributed by atoms with E-state index in [1.54, 1.807) is 0 Å². The van der Waals surface area contributed by atoms with Crippen molar-refractivity contribution in [3.8, 4) is 0 Å². The van der Waals surface area contributed by atoms with E-state index in [0.29, 0.717) is 4.57 Å². The molecule has 8 nitrogen and oxygen atoms in total. The van der Waals surface area contributed by atoms with Gasteiger partial charge in [0.1, 0.15) is 5.69 Å². The van der Waals surface area contributed by atoms with Crippen molar-refractivity contribution >= 4 is 23.4 Å². The van der Waals surface area contributed by atoms with Gasteiger partial charge in [0.25, 0.3) is 5.56 Å². The van der Waals surface area contributed by atoms with Crippen molar-refractivity contribution in [3.05, 3.63) is 39.2 Å². The maximum absolute atomic E-state index is 12.7. The minimum Gasteiger partial charge on any atom is -0.274 e. The summed E-state index contributed by atoms with van der Waals surface area (Å²) >= 11 is 0. The highest BCUT2D eigenvalue weighted by Crippen LogP contribution is 2.52. The largest absolute Gasteiger partial charge is 0.335 e. The molecule has 1 saturated heterocycles. The molecule has 4 rings (SSSR count). The van der Waals surface area contributed by atoms with Crippen LogP contribution in [0.4, 0.5) is 5.69 Å². The van der Waals surface area contributed by atoms with E-state index in [1.807, 2.05) is 17.1 Å². The zero-order chi connectivity index (χ0) is 16.5. The maximum atomic E-state index is 12.7. The normalized spacial score (nSPS) is 31.1. The smallest absolute Gasteiger partial charge is 0.274 e. The Balaban J connectivity index is 1.84. The van der Waals surface area contributed by atoms with Gasteiger partial charge in [-0.3, -0.25) is 24.2 Å². The molecule has 2 heterocycles. The number of nitrogens with one attached hydrogen (secondary N) is 1. The third kappa shape index (κ3) is 1.68. The minimum absolute atomic E-state index is 0.0178. The summed E-state index contributed by atoms with van der Waals surface area (Å²) in [7, 11) is 0. The van der Waals surface area contributed by atoms with E-state index in [-0.39, 0.29) is 17.5 Å². The van der Waals surface area contributed by atoms with Gasteiger partial charge in [-0.1, -0.05) is 12.2 Å². The van der Waals surface area contributed by atoms with Gasteiger partial charge in [0.2, 0.25) is 17.7 Å². The van der Waals surface area contributed by atoms with Gasteiger partial charge < -0.3 is 0 Å². The second-order valence-corrected chi connectivity index (χ2v) is 6.17. The average Bonchev–Trinajstić information content (AvgIpc) is 3.14. The third-order valence-electron chi connectivity index (χ3n) is 4.97. The predicted octanol–water partition coefficient (Wildman–Crippen LogP) is -0.492. The Labute approximate surface area is 129 Å². The van der Waals surface area contributed by atoms with E-state index >= 15 is 0 Å². The lowest BCUT2D eigenvalue weighted by molar-refractivity contribution is -0.123. The number of fused-ring (bicyclic) bond motifs is 5. The number of allylic oxidation sites excluding steroid dienone is 2. The summed E-state index contributed by atoms with van der Waals surface area (Å²) in [6, 6.07) is 0. The van der Waals surface area contributed by atoms with Gasteiger partial charge in [-0.15, -0.1) is 0 Å². The lowest BCUT2D eigenvalue weighted by atomic mass is 9.85. The van der Waals surface area contributed by atoms with Crippen molar-refractivity contribution < 1.29 is 14.4 Å². The molecule has 4 atom stereocenters. The lowest BCUT2D eigenvalue weighted by Crippen LogP contribution is -2.41. The van der Waals surface area contributed by atoms with Crippen LogP contribution in [0.3, 0.4) is 0 Å². The molecule has 118 valence electrons. The van der Waals surface area contributed by atoms with Gasteiger partial charge in [0, 0.05) is 13.1 Å². The molecule has 1 aromatic rings. The number of aromatic nitrogens is 2. The Bertz CT molecular complexity index is 878. The summed E-state index contributed by atoms with van der Waals surface area (Å²) in [5, 5.41) is 0. The molecule has 8 heteroatoms. The fourth-order valence-electron chi connectivity index (χ4n) is 3.99. The van der Waals surface area contributed by atoms with Crippen LogP contribution in [0.25, 0.3) is 0 Å². The molecule has 1 saturated carbocycles. The van der Waals surface area contributed by atoms with Gasteiger partial charge in [-0.25, -0.2) is 14.3 Å². The predicted molar refractivity (Wildman–Crippen MR) is 77.8 cm³/mol. The number of carbonyl (C=O) groups excluding carboxylic acids is 3. The maximum Gasteiger partial charge on any atom is 0.335 e. The Kier molecular flexibility index (Phi) is 2.64. The van der Waals surface area contributed by atoms with Crippen LogP contribution < -0.4 is 16.1 Å². The quantitative estimate of drug-likeness (QED) is 0.555. The zero-order valence-electron chi connectivity index (χ0n) is 12.2. The van der Waals surface area contributed by atoms with Crippen LogP contribution in [0.15, 0.2) is 27.9 Å². The summed E-state index contributed by atoms with van der Waals surface area (Å²) in [5.74, 6) is -2.35.